The normalized spacial score (nSPS) is 32.8. The zero-order valence-corrected chi connectivity index (χ0v) is 13.7. The molecule has 0 radical (unpaired) electrons. The van der Waals surface area contributed by atoms with Crippen molar-refractivity contribution in [1.82, 2.24) is 0 Å². The first kappa shape index (κ1) is 12.5. The number of halogens is 2. The number of alkyl halides is 1. The standard InChI is InChI=1S/C15H16Br2O2/c16-12-7-14-13(18-1-2-19-14)6-11(12)15(17)10-4-8-3-9(8)5-10/h6-10,15H,1-5H2. The second-order valence-corrected chi connectivity index (χ2v) is 7.75. The van der Waals surface area contributed by atoms with E-state index in [0.717, 1.165) is 33.7 Å². The molecule has 1 heterocycles. The molecule has 2 nitrogen and oxygen atoms in total. The Kier molecular flexibility index (Phi) is 3.07. The van der Waals surface area contributed by atoms with E-state index < -0.39 is 0 Å². The molecule has 1 aromatic rings. The van der Waals surface area contributed by atoms with Crippen molar-refractivity contribution in [2.75, 3.05) is 13.2 Å². The molecule has 2 saturated carbocycles. The molecule has 2 fully saturated rings. The Bertz CT molecular complexity index is 507. The molecule has 0 bridgehead atoms. The molecule has 1 aliphatic heterocycles. The molecule has 4 rings (SSSR count). The van der Waals surface area contributed by atoms with E-state index in [0.29, 0.717) is 18.0 Å². The van der Waals surface area contributed by atoms with Crippen LogP contribution in [0.2, 0.25) is 0 Å². The Labute approximate surface area is 130 Å². The minimum absolute atomic E-state index is 0.422. The van der Waals surface area contributed by atoms with Crippen LogP contribution in [-0.4, -0.2) is 13.2 Å². The van der Waals surface area contributed by atoms with Gasteiger partial charge in [0, 0.05) is 9.30 Å². The molecule has 0 saturated heterocycles. The van der Waals surface area contributed by atoms with Gasteiger partial charge in [-0.2, -0.15) is 0 Å². The molecule has 0 aromatic heterocycles. The molecule has 0 spiro atoms. The summed E-state index contributed by atoms with van der Waals surface area (Å²) in [5.74, 6) is 4.54. The molecule has 1 aromatic carbocycles. The van der Waals surface area contributed by atoms with Crippen LogP contribution in [0.1, 0.15) is 29.7 Å². The van der Waals surface area contributed by atoms with Crippen LogP contribution < -0.4 is 9.47 Å². The van der Waals surface area contributed by atoms with Crippen molar-refractivity contribution in [2.45, 2.75) is 24.1 Å². The molecule has 3 unspecified atom stereocenters. The van der Waals surface area contributed by atoms with Crippen molar-refractivity contribution < 1.29 is 9.47 Å². The highest BCUT2D eigenvalue weighted by Crippen LogP contribution is 2.59. The minimum Gasteiger partial charge on any atom is -0.486 e. The first-order chi connectivity index (χ1) is 9.22. The summed E-state index contributed by atoms with van der Waals surface area (Å²) >= 11 is 7.60. The quantitative estimate of drug-likeness (QED) is 0.684. The van der Waals surface area contributed by atoms with E-state index in [1.165, 1.54) is 24.8 Å². The van der Waals surface area contributed by atoms with E-state index in [-0.39, 0.29) is 0 Å². The van der Waals surface area contributed by atoms with Gasteiger partial charge in [0.05, 0.1) is 0 Å². The Morgan fingerprint density at radius 2 is 1.63 bits per heavy atom. The molecular weight excluding hydrogens is 372 g/mol. The van der Waals surface area contributed by atoms with Gasteiger partial charge in [0.25, 0.3) is 0 Å². The van der Waals surface area contributed by atoms with Gasteiger partial charge >= 0.3 is 0 Å². The van der Waals surface area contributed by atoms with E-state index in [1.807, 2.05) is 6.07 Å². The Hall–Kier alpha value is -0.220. The van der Waals surface area contributed by atoms with Gasteiger partial charge in [-0.05, 0) is 54.7 Å². The van der Waals surface area contributed by atoms with Gasteiger partial charge in [-0.1, -0.05) is 31.9 Å². The highest BCUT2D eigenvalue weighted by atomic mass is 79.9. The fraction of sp³-hybridized carbons (Fsp3) is 0.600. The maximum Gasteiger partial charge on any atom is 0.162 e. The lowest BCUT2D eigenvalue weighted by molar-refractivity contribution is 0.171. The molecule has 3 aliphatic rings. The second-order valence-electron chi connectivity index (χ2n) is 5.91. The molecule has 3 atom stereocenters. The van der Waals surface area contributed by atoms with Gasteiger partial charge in [0.1, 0.15) is 13.2 Å². The smallest absolute Gasteiger partial charge is 0.162 e. The van der Waals surface area contributed by atoms with E-state index in [9.17, 15) is 0 Å². The Balaban J connectivity index is 1.62. The van der Waals surface area contributed by atoms with Gasteiger partial charge < -0.3 is 9.47 Å². The summed E-state index contributed by atoms with van der Waals surface area (Å²) in [6.45, 7) is 1.29. The van der Waals surface area contributed by atoms with Crippen LogP contribution in [-0.2, 0) is 0 Å². The van der Waals surface area contributed by atoms with Crippen molar-refractivity contribution in [2.24, 2.45) is 17.8 Å². The first-order valence-electron chi connectivity index (χ1n) is 6.95. The van der Waals surface area contributed by atoms with Crippen molar-refractivity contribution >= 4 is 31.9 Å². The maximum atomic E-state index is 5.70. The Morgan fingerprint density at radius 3 is 2.32 bits per heavy atom. The van der Waals surface area contributed by atoms with Crippen LogP contribution in [0.4, 0.5) is 0 Å². The van der Waals surface area contributed by atoms with Crippen LogP contribution in [0.15, 0.2) is 16.6 Å². The van der Waals surface area contributed by atoms with Gasteiger partial charge in [0.2, 0.25) is 0 Å². The SMILES string of the molecule is Brc1cc2c(cc1C(Br)C1CC3CC3C1)OCCO2. The first-order valence-corrected chi connectivity index (χ1v) is 8.66. The monoisotopic (exact) mass is 386 g/mol. The van der Waals surface area contributed by atoms with E-state index in [4.69, 9.17) is 9.47 Å². The molecule has 102 valence electrons. The van der Waals surface area contributed by atoms with Crippen molar-refractivity contribution in [1.29, 1.82) is 0 Å². The second kappa shape index (κ2) is 4.66. The highest BCUT2D eigenvalue weighted by Gasteiger charge is 2.47. The largest absolute Gasteiger partial charge is 0.486 e. The molecule has 0 amide bonds. The molecule has 2 aliphatic carbocycles. The third-order valence-electron chi connectivity index (χ3n) is 4.65. The lowest BCUT2D eigenvalue weighted by Crippen LogP contribution is -2.16. The fourth-order valence-electron chi connectivity index (χ4n) is 3.55. The third-order valence-corrected chi connectivity index (χ3v) is 6.58. The van der Waals surface area contributed by atoms with Crippen molar-refractivity contribution in [3.63, 3.8) is 0 Å². The van der Waals surface area contributed by atoms with Gasteiger partial charge in [-0.25, -0.2) is 0 Å². The lowest BCUT2D eigenvalue weighted by atomic mass is 9.94. The maximum absolute atomic E-state index is 5.70. The third kappa shape index (κ3) is 2.21. The van der Waals surface area contributed by atoms with Crippen LogP contribution in [0, 0.1) is 17.8 Å². The van der Waals surface area contributed by atoms with Gasteiger partial charge in [-0.3, -0.25) is 0 Å². The van der Waals surface area contributed by atoms with E-state index in [1.54, 1.807) is 0 Å². The van der Waals surface area contributed by atoms with E-state index in [2.05, 4.69) is 37.9 Å². The minimum atomic E-state index is 0.422. The topological polar surface area (TPSA) is 18.5 Å². The number of ether oxygens (including phenoxy) is 2. The van der Waals surface area contributed by atoms with Crippen molar-refractivity contribution in [3.05, 3.63) is 22.2 Å². The Morgan fingerprint density at radius 1 is 1.00 bits per heavy atom. The summed E-state index contributed by atoms with van der Waals surface area (Å²) in [6, 6.07) is 4.19. The molecule has 4 heteroatoms. The summed E-state index contributed by atoms with van der Waals surface area (Å²) in [6.07, 6.45) is 4.22. The average molecular weight is 388 g/mol. The average Bonchev–Trinajstić information content (AvgIpc) is 3.03. The summed E-state index contributed by atoms with van der Waals surface area (Å²) < 4.78 is 12.4. The van der Waals surface area contributed by atoms with Crippen LogP contribution in [0.5, 0.6) is 11.5 Å². The van der Waals surface area contributed by atoms with Crippen molar-refractivity contribution in [3.8, 4) is 11.5 Å². The number of hydrogen-bond donors (Lipinski definition) is 0. The number of fused-ring (bicyclic) bond motifs is 2. The number of rotatable bonds is 2. The molecule has 0 N–H and O–H groups in total. The number of benzene rings is 1. The highest BCUT2D eigenvalue weighted by molar-refractivity contribution is 9.11. The number of hydrogen-bond acceptors (Lipinski definition) is 2. The summed E-state index contributed by atoms with van der Waals surface area (Å²) in [7, 11) is 0. The van der Waals surface area contributed by atoms with Crippen LogP contribution >= 0.6 is 31.9 Å². The summed E-state index contributed by atoms with van der Waals surface area (Å²) in [5.41, 5.74) is 1.30. The summed E-state index contributed by atoms with van der Waals surface area (Å²) in [4.78, 5) is 0.422. The zero-order chi connectivity index (χ0) is 13.0. The summed E-state index contributed by atoms with van der Waals surface area (Å²) in [5, 5.41) is 0. The fourth-order valence-corrected chi connectivity index (χ4v) is 5.23. The van der Waals surface area contributed by atoms with Gasteiger partial charge in [-0.15, -0.1) is 0 Å². The predicted molar refractivity (Wildman–Crippen MR) is 81.1 cm³/mol. The van der Waals surface area contributed by atoms with Crippen LogP contribution in [0.3, 0.4) is 0 Å². The van der Waals surface area contributed by atoms with E-state index >= 15 is 0 Å². The van der Waals surface area contributed by atoms with Crippen LogP contribution in [0.25, 0.3) is 0 Å². The predicted octanol–water partition coefficient (Wildman–Crippen LogP) is 4.70. The zero-order valence-electron chi connectivity index (χ0n) is 10.6. The molecule has 19 heavy (non-hydrogen) atoms. The lowest BCUT2D eigenvalue weighted by Gasteiger charge is -2.24. The molecular formula is C15H16Br2O2. The van der Waals surface area contributed by atoms with Gasteiger partial charge in [0.15, 0.2) is 11.5 Å².